The summed E-state index contributed by atoms with van der Waals surface area (Å²) in [6.07, 6.45) is 0. The van der Waals surface area contributed by atoms with Crippen LogP contribution in [-0.4, -0.2) is 5.91 Å². The Bertz CT molecular complexity index is 668. The average molecular weight is 409 g/mol. The topological polar surface area (TPSA) is 29.1 Å². The molecule has 2 rings (SSSR count). The number of hydrogen-bond acceptors (Lipinski definition) is 1. The van der Waals surface area contributed by atoms with Gasteiger partial charge in [0.25, 0.3) is 5.91 Å². The lowest BCUT2D eigenvalue weighted by Crippen LogP contribution is -2.16. The maximum absolute atomic E-state index is 13.6. The van der Waals surface area contributed by atoms with Crippen LogP contribution in [0, 0.1) is 17.5 Å². The van der Waals surface area contributed by atoms with E-state index in [9.17, 15) is 18.0 Å². The van der Waals surface area contributed by atoms with E-state index in [0.29, 0.717) is 4.47 Å². The molecule has 2 nitrogen and oxygen atoms in total. The number of halogens is 5. The van der Waals surface area contributed by atoms with Gasteiger partial charge >= 0.3 is 0 Å². The summed E-state index contributed by atoms with van der Waals surface area (Å²) in [5.41, 5.74) is -0.935. The van der Waals surface area contributed by atoms with E-state index < -0.39 is 29.0 Å². The van der Waals surface area contributed by atoms with Crippen molar-refractivity contribution in [1.29, 1.82) is 0 Å². The summed E-state index contributed by atoms with van der Waals surface area (Å²) in [6, 6.07) is 5.74. The number of benzene rings is 2. The second kappa shape index (κ2) is 5.97. The molecule has 104 valence electrons. The number of carbonyl (C=O) groups is 1. The lowest BCUT2D eigenvalue weighted by Gasteiger charge is -2.09. The molecule has 0 spiro atoms. The molecule has 0 fully saturated rings. The summed E-state index contributed by atoms with van der Waals surface area (Å²) in [6.45, 7) is 0. The Labute approximate surface area is 129 Å². The summed E-state index contributed by atoms with van der Waals surface area (Å²) in [5, 5.41) is 2.02. The number of nitrogens with one attached hydrogen (secondary N) is 1. The number of anilines is 1. The summed E-state index contributed by atoms with van der Waals surface area (Å²) in [4.78, 5) is 11.8. The highest BCUT2D eigenvalue weighted by Crippen LogP contribution is 2.25. The van der Waals surface area contributed by atoms with E-state index in [1.807, 2.05) is 5.32 Å². The minimum absolute atomic E-state index is 0.195. The van der Waals surface area contributed by atoms with E-state index in [1.54, 1.807) is 0 Å². The van der Waals surface area contributed by atoms with Crippen molar-refractivity contribution in [2.24, 2.45) is 0 Å². The van der Waals surface area contributed by atoms with Crippen LogP contribution in [0.4, 0.5) is 18.9 Å². The monoisotopic (exact) mass is 407 g/mol. The first-order valence-electron chi connectivity index (χ1n) is 5.29. The molecule has 0 aliphatic rings. The largest absolute Gasteiger partial charge is 0.317 e. The van der Waals surface area contributed by atoms with E-state index in [0.717, 1.165) is 18.2 Å². The van der Waals surface area contributed by atoms with Crippen LogP contribution in [0.5, 0.6) is 0 Å². The third kappa shape index (κ3) is 3.21. The number of hydrogen-bond donors (Lipinski definition) is 1. The quantitative estimate of drug-likeness (QED) is 0.753. The normalized spacial score (nSPS) is 10.4. The van der Waals surface area contributed by atoms with E-state index in [4.69, 9.17) is 0 Å². The van der Waals surface area contributed by atoms with Crippen LogP contribution >= 0.6 is 31.9 Å². The summed E-state index contributed by atoms with van der Waals surface area (Å²) >= 11 is 5.97. The molecule has 0 bridgehead atoms. The zero-order valence-electron chi connectivity index (χ0n) is 9.68. The Kier molecular flexibility index (Phi) is 4.49. The fourth-order valence-corrected chi connectivity index (χ4v) is 2.25. The summed E-state index contributed by atoms with van der Waals surface area (Å²) < 4.78 is 41.4. The van der Waals surface area contributed by atoms with E-state index in [-0.39, 0.29) is 10.0 Å². The van der Waals surface area contributed by atoms with Gasteiger partial charge in [0.1, 0.15) is 11.5 Å². The van der Waals surface area contributed by atoms with Gasteiger partial charge < -0.3 is 5.32 Å². The van der Waals surface area contributed by atoms with Gasteiger partial charge in [-0.05, 0) is 30.3 Å². The number of rotatable bonds is 2. The Morgan fingerprint density at radius 3 is 2.00 bits per heavy atom. The first-order chi connectivity index (χ1) is 9.38. The third-order valence-corrected chi connectivity index (χ3v) is 3.37. The molecular formula is C13H6Br2F3NO. The van der Waals surface area contributed by atoms with Gasteiger partial charge in [-0.25, -0.2) is 13.2 Å². The molecule has 0 radical (unpaired) electrons. The Morgan fingerprint density at radius 1 is 0.900 bits per heavy atom. The Hall–Kier alpha value is -1.34. The van der Waals surface area contributed by atoms with Crippen LogP contribution in [0.2, 0.25) is 0 Å². The number of amides is 1. The molecule has 0 saturated carbocycles. The molecule has 0 aromatic heterocycles. The van der Waals surface area contributed by atoms with Crippen molar-refractivity contribution in [3.8, 4) is 0 Å². The van der Waals surface area contributed by atoms with Gasteiger partial charge in [-0.2, -0.15) is 0 Å². The van der Waals surface area contributed by atoms with Crippen molar-refractivity contribution in [1.82, 2.24) is 0 Å². The first kappa shape index (κ1) is 15.1. The van der Waals surface area contributed by atoms with E-state index in [2.05, 4.69) is 31.9 Å². The molecule has 1 amide bonds. The van der Waals surface area contributed by atoms with Crippen LogP contribution in [0.25, 0.3) is 0 Å². The summed E-state index contributed by atoms with van der Waals surface area (Å²) in [5.74, 6) is -3.64. The van der Waals surface area contributed by atoms with Gasteiger partial charge in [-0.15, -0.1) is 0 Å². The van der Waals surface area contributed by atoms with Crippen LogP contribution in [0.15, 0.2) is 39.3 Å². The highest BCUT2D eigenvalue weighted by molar-refractivity contribution is 9.10. The van der Waals surface area contributed by atoms with Crippen molar-refractivity contribution in [2.75, 3.05) is 5.32 Å². The Balaban J connectivity index is 2.33. The molecular weight excluding hydrogens is 403 g/mol. The van der Waals surface area contributed by atoms with Gasteiger partial charge in [0, 0.05) is 8.95 Å². The maximum atomic E-state index is 13.6. The van der Waals surface area contributed by atoms with Crippen LogP contribution in [0.1, 0.15) is 10.4 Å². The molecule has 0 aliphatic heterocycles. The summed E-state index contributed by atoms with van der Waals surface area (Å²) in [7, 11) is 0. The van der Waals surface area contributed by atoms with Gasteiger partial charge in [0.2, 0.25) is 0 Å². The zero-order chi connectivity index (χ0) is 14.9. The van der Waals surface area contributed by atoms with Crippen molar-refractivity contribution in [3.63, 3.8) is 0 Å². The van der Waals surface area contributed by atoms with Gasteiger partial charge in [-0.1, -0.05) is 31.9 Å². The van der Waals surface area contributed by atoms with Crippen molar-refractivity contribution in [2.45, 2.75) is 0 Å². The standard InChI is InChI=1S/C13H6Br2F3NO/c14-6-1-2-8(9(16)3-6)13(20)19-12-10(17)4-7(15)5-11(12)18/h1-5H,(H,19,20). The van der Waals surface area contributed by atoms with Gasteiger partial charge in [0.15, 0.2) is 11.6 Å². The lowest BCUT2D eigenvalue weighted by atomic mass is 10.2. The molecule has 0 aliphatic carbocycles. The first-order valence-corrected chi connectivity index (χ1v) is 6.88. The molecule has 0 atom stereocenters. The molecule has 2 aromatic rings. The van der Waals surface area contributed by atoms with E-state index in [1.165, 1.54) is 12.1 Å². The molecule has 7 heteroatoms. The highest BCUT2D eigenvalue weighted by Gasteiger charge is 2.17. The molecule has 1 N–H and O–H groups in total. The highest BCUT2D eigenvalue weighted by atomic mass is 79.9. The smallest absolute Gasteiger partial charge is 0.258 e. The molecule has 0 saturated heterocycles. The third-order valence-electron chi connectivity index (χ3n) is 2.42. The van der Waals surface area contributed by atoms with Gasteiger partial charge in [0.05, 0.1) is 5.56 Å². The second-order valence-electron chi connectivity index (χ2n) is 3.82. The van der Waals surface area contributed by atoms with Crippen LogP contribution < -0.4 is 5.32 Å². The predicted molar refractivity (Wildman–Crippen MR) is 76.1 cm³/mol. The molecule has 0 unspecified atom stereocenters. The van der Waals surface area contributed by atoms with Crippen molar-refractivity contribution >= 4 is 43.5 Å². The van der Waals surface area contributed by atoms with Crippen molar-refractivity contribution < 1.29 is 18.0 Å². The molecule has 20 heavy (non-hydrogen) atoms. The fourth-order valence-electron chi connectivity index (χ4n) is 1.52. The lowest BCUT2D eigenvalue weighted by molar-refractivity contribution is 0.102. The van der Waals surface area contributed by atoms with Crippen molar-refractivity contribution in [3.05, 3.63) is 62.3 Å². The van der Waals surface area contributed by atoms with Gasteiger partial charge in [-0.3, -0.25) is 4.79 Å². The van der Waals surface area contributed by atoms with E-state index >= 15 is 0 Å². The average Bonchev–Trinajstić information content (AvgIpc) is 2.33. The zero-order valence-corrected chi connectivity index (χ0v) is 12.9. The minimum Gasteiger partial charge on any atom is -0.317 e. The number of carbonyl (C=O) groups excluding carboxylic acids is 1. The minimum atomic E-state index is -0.956. The fraction of sp³-hybridized carbons (Fsp3) is 0. The molecule has 0 heterocycles. The SMILES string of the molecule is O=C(Nc1c(F)cc(Br)cc1F)c1ccc(Br)cc1F. The van der Waals surface area contributed by atoms with Crippen LogP contribution in [0.3, 0.4) is 0 Å². The molecule has 2 aromatic carbocycles. The predicted octanol–water partition coefficient (Wildman–Crippen LogP) is 4.88. The Morgan fingerprint density at radius 2 is 1.45 bits per heavy atom. The maximum Gasteiger partial charge on any atom is 0.258 e. The van der Waals surface area contributed by atoms with Crippen LogP contribution in [-0.2, 0) is 0 Å². The second-order valence-corrected chi connectivity index (χ2v) is 5.65.